The summed E-state index contributed by atoms with van der Waals surface area (Å²) in [6.07, 6.45) is 0. The summed E-state index contributed by atoms with van der Waals surface area (Å²) in [5.74, 6) is 2.66. The van der Waals surface area contributed by atoms with E-state index >= 15 is 0 Å². The summed E-state index contributed by atoms with van der Waals surface area (Å²) in [5, 5.41) is 4.23. The minimum atomic E-state index is 0.560. The third kappa shape index (κ3) is 4.28. The first-order chi connectivity index (χ1) is 18.7. The standard InChI is InChI=1S/C34H20N2O2/c1-35-25-13-17-27(18-14-25)37-31-21-11-23-7-3-5-9-29(23)33(31)34-30-10-6-4-8-24(30)12-22-32(34)38-28-19-15-26(36-2)16-20-28/h3-22H. The first-order valence-corrected chi connectivity index (χ1v) is 12.1. The molecule has 0 bridgehead atoms. The molecule has 0 N–H and O–H groups in total. The molecule has 0 fully saturated rings. The molecule has 6 rings (SSSR count). The van der Waals surface area contributed by atoms with Crippen LogP contribution in [-0.4, -0.2) is 0 Å². The van der Waals surface area contributed by atoms with E-state index in [1.54, 1.807) is 24.3 Å². The molecule has 0 amide bonds. The summed E-state index contributed by atoms with van der Waals surface area (Å²) in [6.45, 7) is 14.5. The second kappa shape index (κ2) is 9.82. The molecule has 38 heavy (non-hydrogen) atoms. The zero-order valence-electron chi connectivity index (χ0n) is 20.3. The van der Waals surface area contributed by atoms with Gasteiger partial charge in [0.1, 0.15) is 23.0 Å². The maximum Gasteiger partial charge on any atom is 0.187 e. The van der Waals surface area contributed by atoms with Crippen molar-refractivity contribution in [1.29, 1.82) is 0 Å². The van der Waals surface area contributed by atoms with Gasteiger partial charge in [0.15, 0.2) is 11.4 Å². The third-order valence-corrected chi connectivity index (χ3v) is 6.42. The number of ether oxygens (including phenoxy) is 2. The highest BCUT2D eigenvalue weighted by Gasteiger charge is 2.20. The van der Waals surface area contributed by atoms with Crippen LogP contribution in [0.3, 0.4) is 0 Å². The van der Waals surface area contributed by atoms with Gasteiger partial charge in [0, 0.05) is 11.1 Å². The summed E-state index contributed by atoms with van der Waals surface area (Å²) >= 11 is 0. The van der Waals surface area contributed by atoms with E-state index in [9.17, 15) is 0 Å². The summed E-state index contributed by atoms with van der Waals surface area (Å²) in [4.78, 5) is 6.97. The molecule has 0 radical (unpaired) electrons. The molecule has 0 spiro atoms. The van der Waals surface area contributed by atoms with Crippen LogP contribution < -0.4 is 9.47 Å². The van der Waals surface area contributed by atoms with Crippen LogP contribution in [0.2, 0.25) is 0 Å². The fourth-order valence-corrected chi connectivity index (χ4v) is 4.62. The second-order valence-electron chi connectivity index (χ2n) is 8.74. The molecule has 0 saturated heterocycles. The first kappa shape index (κ1) is 22.9. The molecule has 0 aliphatic rings. The van der Waals surface area contributed by atoms with Gasteiger partial charge in [0.05, 0.1) is 13.1 Å². The van der Waals surface area contributed by atoms with Gasteiger partial charge in [-0.25, -0.2) is 9.69 Å². The van der Waals surface area contributed by atoms with Crippen molar-refractivity contribution in [2.24, 2.45) is 0 Å². The number of benzene rings is 6. The lowest BCUT2D eigenvalue weighted by Gasteiger charge is -2.19. The third-order valence-electron chi connectivity index (χ3n) is 6.42. The Morgan fingerprint density at radius 3 is 1.21 bits per heavy atom. The molecule has 0 saturated carbocycles. The molecule has 4 heteroatoms. The van der Waals surface area contributed by atoms with Gasteiger partial charge < -0.3 is 9.47 Å². The van der Waals surface area contributed by atoms with Crippen LogP contribution in [0, 0.1) is 13.1 Å². The van der Waals surface area contributed by atoms with Crippen LogP contribution in [-0.2, 0) is 0 Å². The van der Waals surface area contributed by atoms with Crippen LogP contribution in [0.25, 0.3) is 42.4 Å². The summed E-state index contributed by atoms with van der Waals surface area (Å²) in [6, 6.07) is 38.8. The van der Waals surface area contributed by atoms with E-state index < -0.39 is 0 Å². The molecule has 0 unspecified atom stereocenters. The van der Waals surface area contributed by atoms with Crippen molar-refractivity contribution in [3.8, 4) is 34.1 Å². The highest BCUT2D eigenvalue weighted by molar-refractivity contribution is 6.09. The lowest BCUT2D eigenvalue weighted by Crippen LogP contribution is -1.95. The summed E-state index contributed by atoms with van der Waals surface area (Å²) in [5.41, 5.74) is 2.96. The molecule has 6 aromatic carbocycles. The lowest BCUT2D eigenvalue weighted by molar-refractivity contribution is 0.478. The Balaban J connectivity index is 1.60. The molecular formula is C34H20N2O2. The summed E-state index contributed by atoms with van der Waals surface area (Å²) < 4.78 is 12.9. The minimum absolute atomic E-state index is 0.560. The van der Waals surface area contributed by atoms with Gasteiger partial charge in [0.25, 0.3) is 0 Å². The molecule has 0 aromatic heterocycles. The number of hydrogen-bond acceptors (Lipinski definition) is 2. The number of hydrogen-bond donors (Lipinski definition) is 0. The molecule has 4 nitrogen and oxygen atoms in total. The van der Waals surface area contributed by atoms with E-state index in [-0.39, 0.29) is 0 Å². The number of nitrogens with zero attached hydrogens (tertiary/aromatic N) is 2. The molecule has 178 valence electrons. The van der Waals surface area contributed by atoms with Crippen LogP contribution in [0.4, 0.5) is 11.4 Å². The predicted octanol–water partition coefficient (Wildman–Crippen LogP) is 10.3. The van der Waals surface area contributed by atoms with Gasteiger partial charge in [-0.3, -0.25) is 0 Å². The van der Waals surface area contributed by atoms with E-state index in [2.05, 4.69) is 46.1 Å². The molecule has 0 aliphatic heterocycles. The highest BCUT2D eigenvalue weighted by atomic mass is 16.5. The SMILES string of the molecule is [C-]#[N+]c1ccc(Oc2ccc3ccccc3c2-c2c(Oc3ccc([N+]#[C-])cc3)ccc3ccccc23)cc1. The molecule has 0 heterocycles. The van der Waals surface area contributed by atoms with Crippen molar-refractivity contribution in [2.45, 2.75) is 0 Å². The van der Waals surface area contributed by atoms with Crippen molar-refractivity contribution in [1.82, 2.24) is 0 Å². The van der Waals surface area contributed by atoms with Crippen LogP contribution in [0.5, 0.6) is 23.0 Å². The quantitative estimate of drug-likeness (QED) is 0.226. The molecular weight excluding hydrogens is 468 g/mol. The molecule has 0 aliphatic carbocycles. The van der Waals surface area contributed by atoms with E-state index in [4.69, 9.17) is 22.6 Å². The van der Waals surface area contributed by atoms with Crippen molar-refractivity contribution < 1.29 is 9.47 Å². The van der Waals surface area contributed by atoms with E-state index in [0.29, 0.717) is 34.4 Å². The minimum Gasteiger partial charge on any atom is -0.457 e. The Morgan fingerprint density at radius 1 is 0.421 bits per heavy atom. The Bertz CT molecular complexity index is 1740. The van der Waals surface area contributed by atoms with Crippen molar-refractivity contribution in [2.75, 3.05) is 0 Å². The van der Waals surface area contributed by atoms with Crippen LogP contribution >= 0.6 is 0 Å². The van der Waals surface area contributed by atoms with Crippen LogP contribution in [0.1, 0.15) is 0 Å². The van der Waals surface area contributed by atoms with Gasteiger partial charge in [-0.05, 0) is 57.9 Å². The maximum absolute atomic E-state index is 7.24. The fourth-order valence-electron chi connectivity index (χ4n) is 4.62. The molecule has 0 atom stereocenters. The van der Waals surface area contributed by atoms with Crippen LogP contribution in [0.15, 0.2) is 121 Å². The Morgan fingerprint density at radius 2 is 0.816 bits per heavy atom. The first-order valence-electron chi connectivity index (χ1n) is 12.1. The predicted molar refractivity (Wildman–Crippen MR) is 152 cm³/mol. The fraction of sp³-hybridized carbons (Fsp3) is 0. The second-order valence-corrected chi connectivity index (χ2v) is 8.74. The maximum atomic E-state index is 7.24. The summed E-state index contributed by atoms with van der Waals surface area (Å²) in [7, 11) is 0. The van der Waals surface area contributed by atoms with Gasteiger partial charge >= 0.3 is 0 Å². The topological polar surface area (TPSA) is 27.2 Å². The highest BCUT2D eigenvalue weighted by Crippen LogP contribution is 2.47. The molecule has 6 aromatic rings. The van der Waals surface area contributed by atoms with Gasteiger partial charge in [-0.15, -0.1) is 0 Å². The van der Waals surface area contributed by atoms with Crippen molar-refractivity contribution in [3.63, 3.8) is 0 Å². The average molecular weight is 489 g/mol. The largest absolute Gasteiger partial charge is 0.457 e. The van der Waals surface area contributed by atoms with Gasteiger partial charge in [0.2, 0.25) is 0 Å². The van der Waals surface area contributed by atoms with E-state index in [1.807, 2.05) is 60.7 Å². The van der Waals surface area contributed by atoms with Crippen molar-refractivity contribution in [3.05, 3.63) is 144 Å². The Hall–Kier alpha value is -5.58. The Kier molecular flexibility index (Phi) is 5.91. The number of fused-ring (bicyclic) bond motifs is 2. The zero-order valence-corrected chi connectivity index (χ0v) is 20.3. The Labute approximate surface area is 220 Å². The van der Waals surface area contributed by atoms with Crippen molar-refractivity contribution >= 4 is 32.9 Å². The van der Waals surface area contributed by atoms with E-state index in [0.717, 1.165) is 32.7 Å². The smallest absolute Gasteiger partial charge is 0.187 e. The number of rotatable bonds is 5. The van der Waals surface area contributed by atoms with E-state index in [1.165, 1.54) is 0 Å². The van der Waals surface area contributed by atoms with Gasteiger partial charge in [-0.1, -0.05) is 84.9 Å². The lowest BCUT2D eigenvalue weighted by atomic mass is 9.92. The zero-order chi connectivity index (χ0) is 25.9. The normalized spacial score (nSPS) is 10.6. The van der Waals surface area contributed by atoms with Gasteiger partial charge in [-0.2, -0.15) is 0 Å². The monoisotopic (exact) mass is 488 g/mol. The average Bonchev–Trinajstić information content (AvgIpc) is 2.98.